The number of nitrogens with zero attached hydrogens (tertiary/aromatic N) is 2. The van der Waals surface area contributed by atoms with Gasteiger partial charge in [0.05, 0.1) is 0 Å². The van der Waals surface area contributed by atoms with Crippen molar-refractivity contribution in [3.63, 3.8) is 0 Å². The first-order chi connectivity index (χ1) is 9.20. The van der Waals surface area contributed by atoms with Gasteiger partial charge in [0.2, 0.25) is 0 Å². The van der Waals surface area contributed by atoms with Gasteiger partial charge in [0, 0.05) is 6.54 Å². The van der Waals surface area contributed by atoms with Crippen molar-refractivity contribution in [3.8, 4) is 0 Å². The van der Waals surface area contributed by atoms with Gasteiger partial charge in [0.25, 0.3) is 0 Å². The van der Waals surface area contributed by atoms with E-state index < -0.39 is 5.97 Å². The van der Waals surface area contributed by atoms with Gasteiger partial charge in [-0.25, -0.2) is 4.79 Å². The molecular weight excluding hydrogens is 262 g/mol. The second-order valence-electron chi connectivity index (χ2n) is 4.84. The molecule has 0 bridgehead atoms. The number of nitrogens with one attached hydrogen (secondary N) is 1. The predicted octanol–water partition coefficient (Wildman–Crippen LogP) is 2.89. The number of aromatic carboxylic acids is 1. The van der Waals surface area contributed by atoms with E-state index in [1.807, 2.05) is 6.26 Å². The molecule has 5 nitrogen and oxygen atoms in total. The summed E-state index contributed by atoms with van der Waals surface area (Å²) in [6.07, 6.45) is 8.14. The van der Waals surface area contributed by atoms with Gasteiger partial charge in [-0.1, -0.05) is 19.3 Å². The third kappa shape index (κ3) is 3.83. The normalized spacial score (nSPS) is 16.3. The molecule has 0 saturated heterocycles. The summed E-state index contributed by atoms with van der Waals surface area (Å²) >= 11 is 1.39. The van der Waals surface area contributed by atoms with Gasteiger partial charge in [-0.05, 0) is 31.1 Å². The number of carboxylic acid groups (broad SMARTS) is 1. The molecule has 1 saturated carbocycles. The van der Waals surface area contributed by atoms with Gasteiger partial charge in [0.15, 0.2) is 5.82 Å². The van der Waals surface area contributed by atoms with Crippen molar-refractivity contribution in [2.45, 2.75) is 37.1 Å². The molecule has 1 aliphatic carbocycles. The summed E-state index contributed by atoms with van der Waals surface area (Å²) in [5.74, 6) is 0.0460. The first-order valence-electron chi connectivity index (χ1n) is 6.59. The Labute approximate surface area is 117 Å². The van der Waals surface area contributed by atoms with Gasteiger partial charge in [-0.3, -0.25) is 0 Å². The third-order valence-corrected chi connectivity index (χ3v) is 4.11. The smallest absolute Gasteiger partial charge is 0.339 e. The Morgan fingerprint density at radius 3 is 2.79 bits per heavy atom. The zero-order valence-electron chi connectivity index (χ0n) is 11.1. The standard InChI is InChI=1S/C13H19N3O2S/c1-19-11-7-10(13(17)18)12(16-15-11)14-8-9-5-3-2-4-6-9/h7,9H,2-6,8H2,1H3,(H,14,16)(H,17,18). The molecule has 1 aromatic rings. The lowest BCUT2D eigenvalue weighted by atomic mass is 9.89. The molecule has 0 aliphatic heterocycles. The van der Waals surface area contributed by atoms with Crippen LogP contribution in [-0.4, -0.2) is 34.1 Å². The maximum atomic E-state index is 11.2. The van der Waals surface area contributed by atoms with E-state index in [4.69, 9.17) is 0 Å². The van der Waals surface area contributed by atoms with Crippen molar-refractivity contribution in [2.24, 2.45) is 5.92 Å². The minimum atomic E-state index is -0.962. The average molecular weight is 281 g/mol. The van der Waals surface area contributed by atoms with Crippen LogP contribution in [0.5, 0.6) is 0 Å². The Morgan fingerprint density at radius 2 is 2.16 bits per heavy atom. The summed E-state index contributed by atoms with van der Waals surface area (Å²) in [5.41, 5.74) is 0.204. The highest BCUT2D eigenvalue weighted by Crippen LogP contribution is 2.24. The highest BCUT2D eigenvalue weighted by atomic mass is 32.2. The molecule has 1 heterocycles. The summed E-state index contributed by atoms with van der Waals surface area (Å²) < 4.78 is 0. The molecule has 19 heavy (non-hydrogen) atoms. The molecule has 1 fully saturated rings. The van der Waals surface area contributed by atoms with Gasteiger partial charge < -0.3 is 10.4 Å². The summed E-state index contributed by atoms with van der Waals surface area (Å²) in [7, 11) is 0. The van der Waals surface area contributed by atoms with Crippen LogP contribution in [0.4, 0.5) is 5.82 Å². The van der Waals surface area contributed by atoms with E-state index in [2.05, 4.69) is 15.5 Å². The zero-order chi connectivity index (χ0) is 13.7. The van der Waals surface area contributed by atoms with Crippen LogP contribution in [0.25, 0.3) is 0 Å². The molecule has 0 radical (unpaired) electrons. The number of carbonyl (C=O) groups is 1. The van der Waals surface area contributed by atoms with E-state index in [1.165, 1.54) is 43.9 Å². The molecule has 104 valence electrons. The maximum Gasteiger partial charge on any atom is 0.339 e. The van der Waals surface area contributed by atoms with Gasteiger partial charge in [-0.15, -0.1) is 22.0 Å². The van der Waals surface area contributed by atoms with Crippen LogP contribution in [0.1, 0.15) is 42.5 Å². The Hall–Kier alpha value is -1.30. The minimum absolute atomic E-state index is 0.204. The number of aromatic nitrogens is 2. The molecule has 1 aliphatic rings. The monoisotopic (exact) mass is 281 g/mol. The highest BCUT2D eigenvalue weighted by molar-refractivity contribution is 7.98. The lowest BCUT2D eigenvalue weighted by Gasteiger charge is -2.22. The molecule has 0 amide bonds. The quantitative estimate of drug-likeness (QED) is 0.808. The Balaban J connectivity index is 2.04. The predicted molar refractivity (Wildman–Crippen MR) is 75.8 cm³/mol. The molecule has 1 aromatic heterocycles. The molecule has 2 N–H and O–H groups in total. The fraction of sp³-hybridized carbons (Fsp3) is 0.615. The van der Waals surface area contributed by atoms with Crippen molar-refractivity contribution >= 4 is 23.5 Å². The second-order valence-corrected chi connectivity index (χ2v) is 5.67. The van der Waals surface area contributed by atoms with Crippen molar-refractivity contribution in [1.29, 1.82) is 0 Å². The zero-order valence-corrected chi connectivity index (χ0v) is 11.9. The summed E-state index contributed by atoms with van der Waals surface area (Å²) in [5, 5.41) is 21.0. The van der Waals surface area contributed by atoms with Crippen molar-refractivity contribution < 1.29 is 9.90 Å². The van der Waals surface area contributed by atoms with Crippen molar-refractivity contribution in [3.05, 3.63) is 11.6 Å². The molecule has 0 atom stereocenters. The summed E-state index contributed by atoms with van der Waals surface area (Å²) in [4.78, 5) is 11.2. The molecule has 2 rings (SSSR count). The number of rotatable bonds is 5. The number of anilines is 1. The Bertz CT molecular complexity index is 448. The van der Waals surface area contributed by atoms with E-state index >= 15 is 0 Å². The maximum absolute atomic E-state index is 11.2. The van der Waals surface area contributed by atoms with Crippen LogP contribution in [-0.2, 0) is 0 Å². The lowest BCUT2D eigenvalue weighted by molar-refractivity contribution is 0.0697. The van der Waals surface area contributed by atoms with Crippen LogP contribution in [0, 0.1) is 5.92 Å². The molecule has 0 spiro atoms. The molecule has 0 unspecified atom stereocenters. The van der Waals surface area contributed by atoms with Crippen LogP contribution < -0.4 is 5.32 Å². The second kappa shape index (κ2) is 6.75. The summed E-state index contributed by atoms with van der Waals surface area (Å²) in [6, 6.07) is 1.57. The fourth-order valence-electron chi connectivity index (χ4n) is 2.40. The Kier molecular flexibility index (Phi) is 5.01. The lowest BCUT2D eigenvalue weighted by Crippen LogP contribution is -2.19. The number of thioether (sulfide) groups is 1. The third-order valence-electron chi connectivity index (χ3n) is 3.49. The molecular formula is C13H19N3O2S. The van der Waals surface area contributed by atoms with E-state index in [9.17, 15) is 9.90 Å². The van der Waals surface area contributed by atoms with E-state index in [0.29, 0.717) is 16.8 Å². The van der Waals surface area contributed by atoms with Crippen LogP contribution in [0.15, 0.2) is 11.1 Å². The van der Waals surface area contributed by atoms with Gasteiger partial charge in [0.1, 0.15) is 10.6 Å². The van der Waals surface area contributed by atoms with Gasteiger partial charge >= 0.3 is 5.97 Å². The van der Waals surface area contributed by atoms with Crippen molar-refractivity contribution in [2.75, 3.05) is 18.1 Å². The van der Waals surface area contributed by atoms with Gasteiger partial charge in [-0.2, -0.15) is 0 Å². The van der Waals surface area contributed by atoms with E-state index in [0.717, 1.165) is 6.54 Å². The number of carboxylic acids is 1. The summed E-state index contributed by atoms with van der Waals surface area (Å²) in [6.45, 7) is 0.785. The average Bonchev–Trinajstić information content (AvgIpc) is 2.46. The van der Waals surface area contributed by atoms with E-state index in [1.54, 1.807) is 6.07 Å². The first kappa shape index (κ1) is 14.1. The minimum Gasteiger partial charge on any atom is -0.478 e. The number of hydrogen-bond donors (Lipinski definition) is 2. The first-order valence-corrected chi connectivity index (χ1v) is 7.82. The van der Waals surface area contributed by atoms with Crippen LogP contribution >= 0.6 is 11.8 Å². The topological polar surface area (TPSA) is 75.1 Å². The Morgan fingerprint density at radius 1 is 1.42 bits per heavy atom. The molecule has 6 heteroatoms. The van der Waals surface area contributed by atoms with Crippen molar-refractivity contribution in [1.82, 2.24) is 10.2 Å². The highest BCUT2D eigenvalue weighted by Gasteiger charge is 2.17. The fourth-order valence-corrected chi connectivity index (χ4v) is 2.76. The SMILES string of the molecule is CSc1cc(C(=O)O)c(NCC2CCCCC2)nn1. The molecule has 0 aromatic carbocycles. The van der Waals surface area contributed by atoms with E-state index in [-0.39, 0.29) is 5.56 Å². The van der Waals surface area contributed by atoms with Crippen LogP contribution in [0.2, 0.25) is 0 Å². The largest absolute Gasteiger partial charge is 0.478 e. The number of hydrogen-bond acceptors (Lipinski definition) is 5. The van der Waals surface area contributed by atoms with Crippen LogP contribution in [0.3, 0.4) is 0 Å².